The first kappa shape index (κ1) is 23.6. The molecule has 0 radical (unpaired) electrons. The zero-order valence-corrected chi connectivity index (χ0v) is 20.1. The van der Waals surface area contributed by atoms with Gasteiger partial charge < -0.3 is 9.16 Å². The van der Waals surface area contributed by atoms with E-state index in [0.717, 1.165) is 0 Å². The molecule has 29 heavy (non-hydrogen) atoms. The van der Waals surface area contributed by atoms with Gasteiger partial charge in [-0.1, -0.05) is 51.1 Å². The van der Waals surface area contributed by atoms with Crippen molar-refractivity contribution in [1.29, 1.82) is 0 Å². The van der Waals surface area contributed by atoms with Crippen molar-refractivity contribution < 1.29 is 22.4 Å². The van der Waals surface area contributed by atoms with Gasteiger partial charge in [0.15, 0.2) is 18.2 Å². The Morgan fingerprint density at radius 3 is 2.31 bits per heavy atom. The van der Waals surface area contributed by atoms with Crippen LogP contribution in [0.2, 0.25) is 18.1 Å². The molecule has 1 aliphatic rings. The first-order chi connectivity index (χ1) is 13.3. The van der Waals surface area contributed by atoms with E-state index < -0.39 is 29.4 Å². The van der Waals surface area contributed by atoms with Crippen molar-refractivity contribution in [3.05, 3.63) is 53.6 Å². The minimum Gasteiger partial charge on any atom is -0.463 e. The lowest BCUT2D eigenvalue weighted by Crippen LogP contribution is -2.42. The molecule has 1 atom stereocenters. The molecular weight excluding hydrogens is 404 g/mol. The van der Waals surface area contributed by atoms with Crippen LogP contribution in [0.15, 0.2) is 58.5 Å². The fourth-order valence-electron chi connectivity index (χ4n) is 3.05. The van der Waals surface area contributed by atoms with E-state index in [4.69, 9.17) is 9.16 Å². The van der Waals surface area contributed by atoms with Crippen molar-refractivity contribution in [2.75, 3.05) is 13.2 Å². The Bertz CT molecular complexity index is 908. The van der Waals surface area contributed by atoms with E-state index in [-0.39, 0.29) is 29.6 Å². The predicted molar refractivity (Wildman–Crippen MR) is 118 cm³/mol. The summed E-state index contributed by atoms with van der Waals surface area (Å²) in [6, 6.07) is 8.27. The Labute approximate surface area is 175 Å². The maximum absolute atomic E-state index is 13.4. The third-order valence-corrected chi connectivity index (χ3v) is 12.4. The van der Waals surface area contributed by atoms with Crippen LogP contribution in [0.3, 0.4) is 0 Å². The second-order valence-electron chi connectivity index (χ2n) is 8.85. The summed E-state index contributed by atoms with van der Waals surface area (Å²) >= 11 is 0. The Morgan fingerprint density at radius 2 is 1.79 bits per heavy atom. The monoisotopic (exact) mass is 436 g/mol. The Hall–Kier alpha value is -1.70. The van der Waals surface area contributed by atoms with Gasteiger partial charge in [0.25, 0.3) is 0 Å². The minimum absolute atomic E-state index is 0.0406. The molecule has 0 saturated carbocycles. The van der Waals surface area contributed by atoms with Crippen molar-refractivity contribution in [2.45, 2.75) is 62.4 Å². The summed E-state index contributed by atoms with van der Waals surface area (Å²) in [4.78, 5) is 12.8. The summed E-state index contributed by atoms with van der Waals surface area (Å²) in [6.07, 6.45) is 0.186. The zero-order valence-electron chi connectivity index (χ0n) is 18.2. The molecule has 7 heteroatoms. The van der Waals surface area contributed by atoms with E-state index in [0.29, 0.717) is 16.7 Å². The van der Waals surface area contributed by atoms with Gasteiger partial charge in [-0.3, -0.25) is 0 Å². The van der Waals surface area contributed by atoms with E-state index in [2.05, 4.69) is 40.4 Å². The summed E-state index contributed by atoms with van der Waals surface area (Å²) in [7, 11) is -5.91. The summed E-state index contributed by atoms with van der Waals surface area (Å²) in [5, 5.41) is -1.02. The number of benzene rings is 1. The molecule has 0 N–H and O–H groups in total. The van der Waals surface area contributed by atoms with Crippen LogP contribution in [0, 0.1) is 0 Å². The molecule has 1 unspecified atom stereocenters. The van der Waals surface area contributed by atoms with Gasteiger partial charge in [0.2, 0.25) is 0 Å². The number of hydrogen-bond acceptors (Lipinski definition) is 5. The Morgan fingerprint density at radius 1 is 1.21 bits per heavy atom. The van der Waals surface area contributed by atoms with Gasteiger partial charge >= 0.3 is 5.97 Å². The highest BCUT2D eigenvalue weighted by Crippen LogP contribution is 2.41. The average molecular weight is 437 g/mol. The first-order valence-electron chi connectivity index (χ1n) is 9.82. The fourth-order valence-corrected chi connectivity index (χ4v) is 5.91. The number of hydrogen-bond donors (Lipinski definition) is 0. The second-order valence-corrected chi connectivity index (χ2v) is 15.7. The van der Waals surface area contributed by atoms with Crippen LogP contribution in [0.4, 0.5) is 0 Å². The standard InChI is InChI=1S/C22H32O5SSi/c1-8-26-21(23)18-14-16(2)20(28(24,25)17-12-10-9-11-13-17)19(18)15-27-29(6,7)22(3,4)5/h9-13,20H,2,8,14-15H2,1,3-7H3. The molecule has 2 rings (SSSR count). The van der Waals surface area contributed by atoms with Crippen LogP contribution in [0.1, 0.15) is 34.1 Å². The summed E-state index contributed by atoms with van der Waals surface area (Å²) in [5.41, 5.74) is 1.30. The van der Waals surface area contributed by atoms with Gasteiger partial charge in [0, 0.05) is 12.0 Å². The summed E-state index contributed by atoms with van der Waals surface area (Å²) < 4.78 is 38.3. The minimum atomic E-state index is -3.75. The highest BCUT2D eigenvalue weighted by atomic mass is 32.2. The zero-order chi connectivity index (χ0) is 22.0. The maximum atomic E-state index is 13.4. The molecule has 0 amide bonds. The van der Waals surface area contributed by atoms with Crippen molar-refractivity contribution in [2.24, 2.45) is 0 Å². The van der Waals surface area contributed by atoms with E-state index in [1.54, 1.807) is 37.3 Å². The fraction of sp³-hybridized carbons (Fsp3) is 0.500. The van der Waals surface area contributed by atoms with Crippen LogP contribution in [-0.4, -0.2) is 41.2 Å². The maximum Gasteiger partial charge on any atom is 0.334 e. The quantitative estimate of drug-likeness (QED) is 0.353. The molecule has 0 saturated heterocycles. The molecule has 1 aliphatic carbocycles. The van der Waals surface area contributed by atoms with E-state index >= 15 is 0 Å². The molecule has 1 aromatic carbocycles. The number of ether oxygens (including phenoxy) is 1. The molecule has 1 aromatic rings. The van der Waals surface area contributed by atoms with Crippen LogP contribution >= 0.6 is 0 Å². The van der Waals surface area contributed by atoms with E-state index in [9.17, 15) is 13.2 Å². The van der Waals surface area contributed by atoms with Gasteiger partial charge in [-0.15, -0.1) is 0 Å². The van der Waals surface area contributed by atoms with Crippen LogP contribution in [0.25, 0.3) is 0 Å². The number of sulfone groups is 1. The average Bonchev–Trinajstić information content (AvgIpc) is 2.97. The molecule has 0 bridgehead atoms. The van der Waals surface area contributed by atoms with Crippen LogP contribution < -0.4 is 0 Å². The topological polar surface area (TPSA) is 69.7 Å². The molecule has 0 fully saturated rings. The van der Waals surface area contributed by atoms with E-state index in [1.165, 1.54) is 0 Å². The summed E-state index contributed by atoms with van der Waals surface area (Å²) in [6.45, 7) is 16.6. The third-order valence-electron chi connectivity index (χ3n) is 5.78. The van der Waals surface area contributed by atoms with Crippen molar-refractivity contribution in [3.63, 3.8) is 0 Å². The van der Waals surface area contributed by atoms with Gasteiger partial charge in [-0.25, -0.2) is 13.2 Å². The third kappa shape index (κ3) is 4.90. The lowest BCUT2D eigenvalue weighted by molar-refractivity contribution is -0.138. The lowest BCUT2D eigenvalue weighted by atomic mass is 10.1. The highest BCUT2D eigenvalue weighted by Gasteiger charge is 2.44. The summed E-state index contributed by atoms with van der Waals surface area (Å²) in [5.74, 6) is -0.492. The van der Waals surface area contributed by atoms with Gasteiger partial charge in [0.1, 0.15) is 5.25 Å². The normalized spacial score (nSPS) is 18.3. The number of carbonyl (C=O) groups is 1. The first-order valence-corrected chi connectivity index (χ1v) is 14.3. The smallest absolute Gasteiger partial charge is 0.334 e. The number of rotatable bonds is 7. The molecule has 0 spiro atoms. The van der Waals surface area contributed by atoms with Crippen molar-refractivity contribution >= 4 is 24.1 Å². The Balaban J connectivity index is 2.51. The molecule has 5 nitrogen and oxygen atoms in total. The van der Waals surface area contributed by atoms with Crippen LogP contribution in [0.5, 0.6) is 0 Å². The number of esters is 1. The molecule has 0 heterocycles. The van der Waals surface area contributed by atoms with Crippen molar-refractivity contribution in [3.8, 4) is 0 Å². The SMILES string of the molecule is C=C1CC(C(=O)OCC)=C(CO[Si](C)(C)C(C)(C)C)C1S(=O)(=O)c1ccccc1. The second kappa shape index (κ2) is 8.58. The van der Waals surface area contributed by atoms with Gasteiger partial charge in [-0.2, -0.15) is 0 Å². The molecule has 160 valence electrons. The predicted octanol–water partition coefficient (Wildman–Crippen LogP) is 4.67. The molecular formula is C22H32O5SSi. The molecule has 0 aliphatic heterocycles. The van der Waals surface area contributed by atoms with Crippen molar-refractivity contribution in [1.82, 2.24) is 0 Å². The Kier molecular flexibility index (Phi) is 6.97. The van der Waals surface area contributed by atoms with Gasteiger partial charge in [-0.05, 0) is 42.8 Å². The van der Waals surface area contributed by atoms with E-state index in [1.807, 2.05) is 0 Å². The highest BCUT2D eigenvalue weighted by molar-refractivity contribution is 7.92. The van der Waals surface area contributed by atoms with Gasteiger partial charge in [0.05, 0.1) is 18.1 Å². The number of carbonyl (C=O) groups excluding carboxylic acids is 1. The largest absolute Gasteiger partial charge is 0.463 e. The molecule has 0 aromatic heterocycles. The lowest BCUT2D eigenvalue weighted by Gasteiger charge is -2.36. The van der Waals surface area contributed by atoms with Crippen LogP contribution in [-0.2, 0) is 23.8 Å².